The molecule has 0 aliphatic heterocycles. The van der Waals surface area contributed by atoms with Gasteiger partial charge in [-0.15, -0.1) is 0 Å². The number of aromatic nitrogens is 3. The van der Waals surface area contributed by atoms with Crippen LogP contribution in [-0.4, -0.2) is 51.8 Å². The summed E-state index contributed by atoms with van der Waals surface area (Å²) in [5.74, 6) is -0.132. The lowest BCUT2D eigenvalue weighted by atomic mass is 10.2. The predicted molar refractivity (Wildman–Crippen MR) is 117 cm³/mol. The molecule has 1 amide bonds. The average Bonchev–Trinajstić information content (AvgIpc) is 3.36. The molecule has 150 valence electrons. The molecule has 0 atom stereocenters. The van der Waals surface area contributed by atoms with Gasteiger partial charge in [0.2, 0.25) is 0 Å². The number of rotatable bonds is 8. The number of hydrogen-bond donors (Lipinski definition) is 0. The largest absolute Gasteiger partial charge is 0.302 e. The second kappa shape index (κ2) is 9.03. The first-order valence-corrected chi connectivity index (χ1v) is 10.8. The molecule has 2 heterocycles. The van der Waals surface area contributed by atoms with Crippen molar-refractivity contribution in [3.63, 3.8) is 0 Å². The predicted octanol–water partition coefficient (Wildman–Crippen LogP) is 4.46. The topological polar surface area (TPSA) is 54.3 Å². The van der Waals surface area contributed by atoms with E-state index in [-0.39, 0.29) is 5.91 Å². The van der Waals surface area contributed by atoms with Crippen LogP contribution in [0.4, 0.5) is 5.13 Å². The molecule has 8 heteroatoms. The van der Waals surface area contributed by atoms with Crippen molar-refractivity contribution in [1.29, 1.82) is 0 Å². The van der Waals surface area contributed by atoms with Crippen molar-refractivity contribution in [2.75, 3.05) is 31.1 Å². The van der Waals surface area contributed by atoms with E-state index in [2.05, 4.69) is 23.8 Å². The van der Waals surface area contributed by atoms with E-state index in [1.807, 2.05) is 32.2 Å². The van der Waals surface area contributed by atoms with Crippen LogP contribution in [0.1, 0.15) is 36.8 Å². The van der Waals surface area contributed by atoms with E-state index in [1.54, 1.807) is 15.6 Å². The molecular formula is C20H26ClN5OS. The van der Waals surface area contributed by atoms with Crippen molar-refractivity contribution in [2.24, 2.45) is 0 Å². The van der Waals surface area contributed by atoms with E-state index in [0.29, 0.717) is 22.4 Å². The summed E-state index contributed by atoms with van der Waals surface area (Å²) in [5.41, 5.74) is 2.34. The number of benzene rings is 1. The molecule has 0 unspecified atom stereocenters. The van der Waals surface area contributed by atoms with E-state index in [0.717, 1.165) is 42.0 Å². The molecule has 6 nitrogen and oxygen atoms in total. The van der Waals surface area contributed by atoms with Crippen molar-refractivity contribution < 1.29 is 4.79 Å². The molecule has 0 saturated carbocycles. The third-order valence-corrected chi connectivity index (χ3v) is 6.42. The van der Waals surface area contributed by atoms with Crippen LogP contribution in [0.25, 0.3) is 10.2 Å². The van der Waals surface area contributed by atoms with Gasteiger partial charge in [-0.1, -0.05) is 42.9 Å². The number of thiazole rings is 1. The summed E-state index contributed by atoms with van der Waals surface area (Å²) in [6.45, 7) is 12.2. The molecule has 28 heavy (non-hydrogen) atoms. The van der Waals surface area contributed by atoms with Crippen LogP contribution < -0.4 is 4.90 Å². The maximum atomic E-state index is 13.3. The first kappa shape index (κ1) is 20.8. The number of amides is 1. The summed E-state index contributed by atoms with van der Waals surface area (Å²) in [7, 11) is 0. The average molecular weight is 420 g/mol. The molecule has 0 aliphatic carbocycles. The van der Waals surface area contributed by atoms with Crippen molar-refractivity contribution in [1.82, 2.24) is 19.7 Å². The molecule has 0 saturated heterocycles. The SMILES string of the molecule is CCN(CC)CCN(C(=O)c1ccn(CC)n1)c1nc2c(C)ccc(Cl)c2s1. The van der Waals surface area contributed by atoms with Crippen molar-refractivity contribution in [2.45, 2.75) is 34.2 Å². The molecule has 0 spiro atoms. The summed E-state index contributed by atoms with van der Waals surface area (Å²) in [5, 5.41) is 5.72. The standard InChI is InChI=1S/C20H26ClN5OS/c1-5-24(6-2)12-13-26(19(27)16-10-11-25(7-3)23-16)20-22-17-14(4)8-9-15(21)18(17)28-20/h8-11H,5-7,12-13H2,1-4H3. The minimum absolute atomic E-state index is 0.132. The van der Waals surface area contributed by atoms with Gasteiger partial charge >= 0.3 is 0 Å². The highest BCUT2D eigenvalue weighted by Gasteiger charge is 2.24. The monoisotopic (exact) mass is 419 g/mol. The highest BCUT2D eigenvalue weighted by molar-refractivity contribution is 7.23. The van der Waals surface area contributed by atoms with Crippen molar-refractivity contribution in [3.8, 4) is 0 Å². The van der Waals surface area contributed by atoms with E-state index >= 15 is 0 Å². The zero-order valence-corrected chi connectivity index (χ0v) is 18.3. The van der Waals surface area contributed by atoms with Gasteiger partial charge < -0.3 is 4.90 Å². The Bertz CT molecular complexity index is 924. The van der Waals surface area contributed by atoms with E-state index in [1.165, 1.54) is 11.3 Å². The molecule has 1 aromatic carbocycles. The smallest absolute Gasteiger partial charge is 0.280 e. The zero-order valence-electron chi connectivity index (χ0n) is 16.8. The lowest BCUT2D eigenvalue weighted by molar-refractivity contribution is 0.0978. The van der Waals surface area contributed by atoms with Crippen LogP contribution in [0.2, 0.25) is 5.02 Å². The Hall–Kier alpha value is -1.96. The zero-order chi connectivity index (χ0) is 20.3. The van der Waals surface area contributed by atoms with Gasteiger partial charge in [-0.2, -0.15) is 5.10 Å². The Morgan fingerprint density at radius 1 is 1.18 bits per heavy atom. The minimum Gasteiger partial charge on any atom is -0.302 e. The Kier molecular flexibility index (Phi) is 6.69. The number of carbonyl (C=O) groups excluding carboxylic acids is 1. The van der Waals surface area contributed by atoms with Crippen LogP contribution in [0.15, 0.2) is 24.4 Å². The number of aryl methyl sites for hydroxylation is 2. The molecule has 0 aliphatic rings. The first-order chi connectivity index (χ1) is 13.5. The third kappa shape index (κ3) is 4.21. The van der Waals surface area contributed by atoms with Crippen LogP contribution in [0.5, 0.6) is 0 Å². The van der Waals surface area contributed by atoms with Gasteiger partial charge in [0.1, 0.15) is 0 Å². The Morgan fingerprint density at radius 3 is 2.54 bits per heavy atom. The maximum Gasteiger partial charge on any atom is 0.280 e. The van der Waals surface area contributed by atoms with Crippen LogP contribution >= 0.6 is 22.9 Å². The van der Waals surface area contributed by atoms with Gasteiger partial charge in [-0.05, 0) is 44.6 Å². The summed E-state index contributed by atoms with van der Waals surface area (Å²) < 4.78 is 2.67. The molecule has 0 radical (unpaired) electrons. The van der Waals surface area contributed by atoms with Gasteiger partial charge in [0.25, 0.3) is 5.91 Å². The van der Waals surface area contributed by atoms with E-state index in [4.69, 9.17) is 16.6 Å². The number of hydrogen-bond acceptors (Lipinski definition) is 5. The first-order valence-electron chi connectivity index (χ1n) is 9.61. The number of nitrogens with zero attached hydrogens (tertiary/aromatic N) is 5. The number of likely N-dealkylation sites (N-methyl/N-ethyl adjacent to an activating group) is 1. The third-order valence-electron chi connectivity index (χ3n) is 4.88. The molecule has 2 aromatic heterocycles. The fourth-order valence-corrected chi connectivity index (χ4v) is 4.40. The minimum atomic E-state index is -0.132. The molecule has 0 fully saturated rings. The Labute approximate surface area is 174 Å². The fraction of sp³-hybridized carbons (Fsp3) is 0.450. The number of carbonyl (C=O) groups is 1. The fourth-order valence-electron chi connectivity index (χ4n) is 3.06. The Morgan fingerprint density at radius 2 is 1.93 bits per heavy atom. The lowest BCUT2D eigenvalue weighted by Crippen LogP contribution is -2.39. The van der Waals surface area contributed by atoms with Crippen molar-refractivity contribution >= 4 is 44.2 Å². The van der Waals surface area contributed by atoms with Gasteiger partial charge in [0.05, 0.1) is 15.2 Å². The summed E-state index contributed by atoms with van der Waals surface area (Å²) in [6, 6.07) is 5.60. The second-order valence-electron chi connectivity index (χ2n) is 6.58. The van der Waals surface area contributed by atoms with Gasteiger partial charge in [0, 0.05) is 25.8 Å². The molecule has 3 rings (SSSR count). The van der Waals surface area contributed by atoms with E-state index in [9.17, 15) is 4.79 Å². The van der Waals surface area contributed by atoms with E-state index < -0.39 is 0 Å². The van der Waals surface area contributed by atoms with Gasteiger partial charge in [-0.25, -0.2) is 4.98 Å². The normalized spacial score (nSPS) is 11.5. The van der Waals surface area contributed by atoms with Crippen molar-refractivity contribution in [3.05, 3.63) is 40.7 Å². The number of anilines is 1. The molecule has 0 bridgehead atoms. The summed E-state index contributed by atoms with van der Waals surface area (Å²) in [4.78, 5) is 22.1. The highest BCUT2D eigenvalue weighted by Crippen LogP contribution is 2.36. The molecular weight excluding hydrogens is 394 g/mol. The summed E-state index contributed by atoms with van der Waals surface area (Å²) >= 11 is 7.84. The van der Waals surface area contributed by atoms with Gasteiger partial charge in [-0.3, -0.25) is 14.4 Å². The van der Waals surface area contributed by atoms with Crippen LogP contribution in [0.3, 0.4) is 0 Å². The lowest BCUT2D eigenvalue weighted by Gasteiger charge is -2.24. The quantitative estimate of drug-likeness (QED) is 0.540. The van der Waals surface area contributed by atoms with Crippen LogP contribution in [0, 0.1) is 6.92 Å². The molecule has 3 aromatic rings. The second-order valence-corrected chi connectivity index (χ2v) is 7.96. The maximum absolute atomic E-state index is 13.3. The number of halogens is 1. The highest BCUT2D eigenvalue weighted by atomic mass is 35.5. The summed E-state index contributed by atoms with van der Waals surface area (Å²) in [6.07, 6.45) is 1.83. The number of fused-ring (bicyclic) bond motifs is 1. The Balaban J connectivity index is 1.99. The van der Waals surface area contributed by atoms with Crippen LogP contribution in [-0.2, 0) is 6.54 Å². The molecule has 0 N–H and O–H groups in total. The van der Waals surface area contributed by atoms with Gasteiger partial charge in [0.15, 0.2) is 10.8 Å².